The predicted molar refractivity (Wildman–Crippen MR) is 97.4 cm³/mol. The van der Waals surface area contributed by atoms with Crippen LogP contribution in [0.5, 0.6) is 0 Å². The Morgan fingerprint density at radius 3 is 2.71 bits per heavy atom. The molecule has 1 fully saturated rings. The molecule has 0 bridgehead atoms. The van der Waals surface area contributed by atoms with Gasteiger partial charge in [-0.1, -0.05) is 18.6 Å². The van der Waals surface area contributed by atoms with Crippen molar-refractivity contribution in [2.45, 2.75) is 30.2 Å². The molecule has 0 unspecified atom stereocenters. The van der Waals surface area contributed by atoms with Crippen molar-refractivity contribution >= 4 is 17.7 Å². The maximum absolute atomic E-state index is 12.6. The zero-order chi connectivity index (χ0) is 16.8. The number of rotatable bonds is 6. The number of likely N-dealkylation sites (tertiary alicyclic amines) is 1. The number of hydrogen-bond acceptors (Lipinski definition) is 4. The molecule has 1 saturated heterocycles. The van der Waals surface area contributed by atoms with Gasteiger partial charge in [0.1, 0.15) is 5.76 Å². The molecule has 2 heterocycles. The minimum atomic E-state index is -0.0199. The maximum atomic E-state index is 12.6. The zero-order valence-electron chi connectivity index (χ0n) is 14.0. The zero-order valence-corrected chi connectivity index (χ0v) is 14.8. The molecular weight excluding hydrogens is 320 g/mol. The van der Waals surface area contributed by atoms with Gasteiger partial charge in [-0.15, -0.1) is 11.8 Å². The fraction of sp³-hybridized carbons (Fsp3) is 0.421. The van der Waals surface area contributed by atoms with Crippen molar-refractivity contribution in [2.24, 2.45) is 0 Å². The van der Waals surface area contributed by atoms with Crippen LogP contribution in [0.4, 0.5) is 0 Å². The highest BCUT2D eigenvalue weighted by molar-refractivity contribution is 7.98. The van der Waals surface area contributed by atoms with Crippen LogP contribution in [0.3, 0.4) is 0 Å². The van der Waals surface area contributed by atoms with E-state index in [1.807, 2.05) is 42.7 Å². The van der Waals surface area contributed by atoms with E-state index in [0.717, 1.165) is 29.3 Å². The Balaban J connectivity index is 1.70. The van der Waals surface area contributed by atoms with E-state index in [-0.39, 0.29) is 11.9 Å². The number of thioether (sulfide) groups is 1. The van der Waals surface area contributed by atoms with Crippen molar-refractivity contribution < 1.29 is 9.21 Å². The van der Waals surface area contributed by atoms with E-state index in [4.69, 9.17) is 4.42 Å². The molecule has 1 aliphatic heterocycles. The summed E-state index contributed by atoms with van der Waals surface area (Å²) in [4.78, 5) is 16.0. The number of hydrogen-bond donors (Lipinski definition) is 1. The molecular formula is C19H24N2O2S. The van der Waals surface area contributed by atoms with E-state index in [2.05, 4.69) is 10.2 Å². The van der Waals surface area contributed by atoms with Crippen LogP contribution in [-0.4, -0.2) is 36.7 Å². The summed E-state index contributed by atoms with van der Waals surface area (Å²) >= 11 is 1.59. The van der Waals surface area contributed by atoms with Crippen LogP contribution in [0.2, 0.25) is 0 Å². The van der Waals surface area contributed by atoms with Gasteiger partial charge in [0, 0.05) is 11.4 Å². The molecule has 1 aromatic heterocycles. The third kappa shape index (κ3) is 4.02. The number of nitrogens with one attached hydrogen (secondary N) is 1. The Morgan fingerprint density at radius 1 is 1.21 bits per heavy atom. The lowest BCUT2D eigenvalue weighted by molar-refractivity contribution is 0.0911. The van der Waals surface area contributed by atoms with Crippen LogP contribution >= 0.6 is 11.8 Å². The highest BCUT2D eigenvalue weighted by Crippen LogP contribution is 2.25. The van der Waals surface area contributed by atoms with Gasteiger partial charge in [-0.25, -0.2) is 0 Å². The summed E-state index contributed by atoms with van der Waals surface area (Å²) in [6.07, 6.45) is 7.40. The first-order valence-electron chi connectivity index (χ1n) is 8.48. The minimum Gasteiger partial charge on any atom is -0.468 e. The highest BCUT2D eigenvalue weighted by Gasteiger charge is 2.25. The number of carbonyl (C=O) groups is 1. The number of benzene rings is 1. The maximum Gasteiger partial charge on any atom is 0.252 e. The summed E-state index contributed by atoms with van der Waals surface area (Å²) < 4.78 is 5.63. The molecule has 1 aliphatic rings. The monoisotopic (exact) mass is 344 g/mol. The van der Waals surface area contributed by atoms with Crippen LogP contribution in [0.25, 0.3) is 0 Å². The molecule has 5 heteroatoms. The second-order valence-corrected chi connectivity index (χ2v) is 6.89. The molecule has 0 aliphatic carbocycles. The van der Waals surface area contributed by atoms with Gasteiger partial charge >= 0.3 is 0 Å². The molecule has 4 nitrogen and oxygen atoms in total. The standard InChI is InChI=1S/C19H24N2O2S/c1-24-18-10-4-3-8-15(18)19(22)20-14-16(17-9-7-13-23-17)21-11-5-2-6-12-21/h3-4,7-10,13,16H,2,5-6,11-12,14H2,1H3,(H,20,22)/t16-/m1/s1. The van der Waals surface area contributed by atoms with E-state index in [1.165, 1.54) is 19.3 Å². The van der Waals surface area contributed by atoms with Crippen molar-refractivity contribution in [1.29, 1.82) is 0 Å². The van der Waals surface area contributed by atoms with Crippen LogP contribution < -0.4 is 5.32 Å². The largest absolute Gasteiger partial charge is 0.468 e. The van der Waals surface area contributed by atoms with Crippen LogP contribution in [0, 0.1) is 0 Å². The molecule has 2 aromatic rings. The van der Waals surface area contributed by atoms with Gasteiger partial charge in [0.05, 0.1) is 17.9 Å². The second kappa shape index (κ2) is 8.40. The third-order valence-corrected chi connectivity index (χ3v) is 5.31. The van der Waals surface area contributed by atoms with Crippen LogP contribution in [0.1, 0.15) is 41.4 Å². The molecule has 0 radical (unpaired) electrons. The van der Waals surface area contributed by atoms with Gasteiger partial charge in [0.25, 0.3) is 5.91 Å². The van der Waals surface area contributed by atoms with E-state index in [1.54, 1.807) is 18.0 Å². The molecule has 1 atom stereocenters. The van der Waals surface area contributed by atoms with Gasteiger partial charge in [-0.05, 0) is 56.5 Å². The normalized spacial score (nSPS) is 16.7. The van der Waals surface area contributed by atoms with Crippen molar-refractivity contribution in [3.63, 3.8) is 0 Å². The smallest absolute Gasteiger partial charge is 0.252 e. The molecule has 1 amide bonds. The lowest BCUT2D eigenvalue weighted by Crippen LogP contribution is -2.40. The molecule has 0 saturated carbocycles. The summed E-state index contributed by atoms with van der Waals surface area (Å²) in [6.45, 7) is 2.68. The SMILES string of the molecule is CSc1ccccc1C(=O)NC[C@H](c1ccco1)N1CCCCC1. The fourth-order valence-corrected chi connectivity index (χ4v) is 3.83. The summed E-state index contributed by atoms with van der Waals surface area (Å²) in [5.41, 5.74) is 0.738. The number of nitrogens with zero attached hydrogens (tertiary/aromatic N) is 1. The molecule has 3 rings (SSSR count). The number of furan rings is 1. The first kappa shape index (κ1) is 17.1. The Hall–Kier alpha value is -1.72. The van der Waals surface area contributed by atoms with Crippen LogP contribution in [0.15, 0.2) is 52.0 Å². The minimum absolute atomic E-state index is 0.0199. The van der Waals surface area contributed by atoms with Gasteiger partial charge in [-0.2, -0.15) is 0 Å². The highest BCUT2D eigenvalue weighted by atomic mass is 32.2. The van der Waals surface area contributed by atoms with Gasteiger partial charge in [-0.3, -0.25) is 9.69 Å². The molecule has 1 aromatic carbocycles. The predicted octanol–water partition coefficient (Wildman–Crippen LogP) is 3.96. The summed E-state index contributed by atoms with van der Waals surface area (Å²) in [6, 6.07) is 11.7. The number of carbonyl (C=O) groups excluding carboxylic acids is 1. The van der Waals surface area contributed by atoms with E-state index >= 15 is 0 Å². The Labute approximate surface area is 147 Å². The fourth-order valence-electron chi connectivity index (χ4n) is 3.24. The second-order valence-electron chi connectivity index (χ2n) is 6.04. The van der Waals surface area contributed by atoms with Gasteiger partial charge in [0.15, 0.2) is 0 Å². The summed E-state index contributed by atoms with van der Waals surface area (Å²) in [5, 5.41) is 3.11. The molecule has 0 spiro atoms. The topological polar surface area (TPSA) is 45.5 Å². The first-order chi connectivity index (χ1) is 11.8. The average Bonchev–Trinajstić information content (AvgIpc) is 3.17. The first-order valence-corrected chi connectivity index (χ1v) is 9.70. The van der Waals surface area contributed by atoms with Crippen molar-refractivity contribution in [3.8, 4) is 0 Å². The lowest BCUT2D eigenvalue weighted by Gasteiger charge is -2.33. The van der Waals surface area contributed by atoms with Crippen LogP contribution in [-0.2, 0) is 0 Å². The average molecular weight is 344 g/mol. The van der Waals surface area contributed by atoms with Crippen molar-refractivity contribution in [2.75, 3.05) is 25.9 Å². The van der Waals surface area contributed by atoms with Gasteiger partial charge in [0.2, 0.25) is 0 Å². The summed E-state index contributed by atoms with van der Waals surface area (Å²) in [5.74, 6) is 0.906. The molecule has 1 N–H and O–H groups in total. The quantitative estimate of drug-likeness (QED) is 0.806. The third-order valence-electron chi connectivity index (χ3n) is 4.51. The Morgan fingerprint density at radius 2 is 2.00 bits per heavy atom. The van der Waals surface area contributed by atoms with Gasteiger partial charge < -0.3 is 9.73 Å². The van der Waals surface area contributed by atoms with E-state index < -0.39 is 0 Å². The Bertz CT molecular complexity index is 651. The van der Waals surface area contributed by atoms with E-state index in [0.29, 0.717) is 6.54 Å². The molecule has 128 valence electrons. The lowest BCUT2D eigenvalue weighted by atomic mass is 10.1. The molecule has 24 heavy (non-hydrogen) atoms. The Kier molecular flexibility index (Phi) is 5.99. The van der Waals surface area contributed by atoms with Crippen molar-refractivity contribution in [1.82, 2.24) is 10.2 Å². The summed E-state index contributed by atoms with van der Waals surface area (Å²) in [7, 11) is 0. The number of piperidine rings is 1. The number of amides is 1. The van der Waals surface area contributed by atoms with Crippen molar-refractivity contribution in [3.05, 3.63) is 54.0 Å². The van der Waals surface area contributed by atoms with E-state index in [9.17, 15) is 4.79 Å².